The van der Waals surface area contributed by atoms with Gasteiger partial charge in [-0.2, -0.15) is 18.3 Å². The molecule has 1 aliphatic heterocycles. The molecule has 2 N–H and O–H groups in total. The van der Waals surface area contributed by atoms with Crippen LogP contribution in [0.1, 0.15) is 40.3 Å². The molecule has 0 fully saturated rings. The minimum Gasteiger partial charge on any atom is -0.493 e. The fraction of sp³-hybridized carbons (Fsp3) is 0.350. The summed E-state index contributed by atoms with van der Waals surface area (Å²) < 4.78 is 57.8. The maximum Gasteiger partial charge on any atom is 0.410 e. The largest absolute Gasteiger partial charge is 0.493 e. The summed E-state index contributed by atoms with van der Waals surface area (Å²) in [5.41, 5.74) is 0.392. The van der Waals surface area contributed by atoms with Gasteiger partial charge in [-0.05, 0) is 24.6 Å². The van der Waals surface area contributed by atoms with Gasteiger partial charge in [-0.3, -0.25) is 4.79 Å². The SMILES string of the molecule is COc1ccc(C2CC(C(F)(F)F)n3nc(C(=O)Nc4cc(C)on4)cc3N2)cc1OC. The van der Waals surface area contributed by atoms with E-state index < -0.39 is 24.2 Å². The molecular formula is C20H20F3N5O4. The van der Waals surface area contributed by atoms with Gasteiger partial charge >= 0.3 is 6.18 Å². The molecule has 3 heterocycles. The van der Waals surface area contributed by atoms with Gasteiger partial charge in [-0.1, -0.05) is 11.2 Å². The Morgan fingerprint density at radius 3 is 2.59 bits per heavy atom. The van der Waals surface area contributed by atoms with E-state index in [0.29, 0.717) is 22.8 Å². The smallest absolute Gasteiger partial charge is 0.410 e. The van der Waals surface area contributed by atoms with Crippen molar-refractivity contribution < 1.29 is 32.0 Å². The number of amides is 1. The Hall–Kier alpha value is -3.70. The number of alkyl halides is 3. The van der Waals surface area contributed by atoms with Crippen LogP contribution in [0, 0.1) is 6.92 Å². The van der Waals surface area contributed by atoms with Crippen molar-refractivity contribution in [3.63, 3.8) is 0 Å². The molecular weight excluding hydrogens is 431 g/mol. The van der Waals surface area contributed by atoms with E-state index in [0.717, 1.165) is 4.68 Å². The average molecular weight is 451 g/mol. The highest BCUT2D eigenvalue weighted by atomic mass is 19.4. The summed E-state index contributed by atoms with van der Waals surface area (Å²) in [6, 6.07) is 5.05. The van der Waals surface area contributed by atoms with E-state index in [4.69, 9.17) is 14.0 Å². The van der Waals surface area contributed by atoms with Crippen molar-refractivity contribution in [1.29, 1.82) is 0 Å². The molecule has 4 rings (SSSR count). The zero-order chi connectivity index (χ0) is 23.0. The number of nitrogens with one attached hydrogen (secondary N) is 2. The van der Waals surface area contributed by atoms with E-state index >= 15 is 0 Å². The maximum absolute atomic E-state index is 13.9. The Morgan fingerprint density at radius 2 is 1.97 bits per heavy atom. The summed E-state index contributed by atoms with van der Waals surface area (Å²) >= 11 is 0. The van der Waals surface area contributed by atoms with E-state index in [1.165, 1.54) is 26.4 Å². The first-order valence-corrected chi connectivity index (χ1v) is 9.59. The fourth-order valence-electron chi connectivity index (χ4n) is 3.58. The second kappa shape index (κ2) is 8.09. The van der Waals surface area contributed by atoms with Gasteiger partial charge in [-0.15, -0.1) is 0 Å². The Bertz CT molecular complexity index is 1140. The molecule has 170 valence electrons. The van der Waals surface area contributed by atoms with Crippen LogP contribution in [0.2, 0.25) is 0 Å². The van der Waals surface area contributed by atoms with Crippen LogP contribution in [0.4, 0.5) is 24.8 Å². The topological polar surface area (TPSA) is 103 Å². The minimum atomic E-state index is -4.57. The van der Waals surface area contributed by atoms with Crippen LogP contribution in [-0.2, 0) is 0 Å². The molecule has 2 unspecified atom stereocenters. The minimum absolute atomic E-state index is 0.0693. The van der Waals surface area contributed by atoms with Gasteiger partial charge in [0.25, 0.3) is 5.91 Å². The number of fused-ring (bicyclic) bond motifs is 1. The lowest BCUT2D eigenvalue weighted by molar-refractivity contribution is -0.173. The van der Waals surface area contributed by atoms with Crippen LogP contribution in [0.5, 0.6) is 11.5 Å². The molecule has 0 spiro atoms. The highest BCUT2D eigenvalue weighted by Crippen LogP contribution is 2.44. The molecule has 2 atom stereocenters. The number of hydrogen-bond acceptors (Lipinski definition) is 7. The number of aryl methyl sites for hydroxylation is 1. The van der Waals surface area contributed by atoms with Crippen molar-refractivity contribution >= 4 is 17.5 Å². The normalized spacial score (nSPS) is 17.9. The van der Waals surface area contributed by atoms with E-state index in [-0.39, 0.29) is 23.8 Å². The first-order chi connectivity index (χ1) is 15.2. The monoisotopic (exact) mass is 451 g/mol. The van der Waals surface area contributed by atoms with Crippen LogP contribution in [0.15, 0.2) is 34.9 Å². The van der Waals surface area contributed by atoms with E-state index in [2.05, 4.69) is 20.9 Å². The number of ether oxygens (including phenoxy) is 2. The summed E-state index contributed by atoms with van der Waals surface area (Å²) in [6.07, 6.45) is -4.90. The number of halogens is 3. The van der Waals surface area contributed by atoms with E-state index in [1.54, 1.807) is 25.1 Å². The van der Waals surface area contributed by atoms with Crippen LogP contribution in [-0.4, -0.2) is 41.2 Å². The van der Waals surface area contributed by atoms with Crippen LogP contribution < -0.4 is 20.1 Å². The van der Waals surface area contributed by atoms with Gasteiger partial charge in [-0.25, -0.2) is 4.68 Å². The first kappa shape index (κ1) is 21.5. The molecule has 0 aliphatic carbocycles. The van der Waals surface area contributed by atoms with E-state index in [1.807, 2.05) is 0 Å². The van der Waals surface area contributed by atoms with Crippen molar-refractivity contribution in [1.82, 2.24) is 14.9 Å². The lowest BCUT2D eigenvalue weighted by Gasteiger charge is -2.33. The van der Waals surface area contributed by atoms with Crippen molar-refractivity contribution in [3.05, 3.63) is 47.3 Å². The molecule has 2 aromatic heterocycles. The third-order valence-corrected chi connectivity index (χ3v) is 5.10. The predicted octanol–water partition coefficient (Wildman–Crippen LogP) is 4.11. The predicted molar refractivity (Wildman–Crippen MR) is 107 cm³/mol. The number of aromatic nitrogens is 3. The quantitative estimate of drug-likeness (QED) is 0.602. The number of carbonyl (C=O) groups excluding carboxylic acids is 1. The number of benzene rings is 1. The molecule has 12 heteroatoms. The molecule has 0 radical (unpaired) electrons. The Balaban J connectivity index is 1.65. The standard InChI is InChI=1S/C20H20F3N5O4/c1-10-6-17(27-32-10)25-19(29)13-9-18-24-12(8-16(20(21,22)23)28(18)26-13)11-4-5-14(30-2)15(7-11)31-3/h4-7,9,12,16,24H,8H2,1-3H3,(H,25,27,29). The Kier molecular flexibility index (Phi) is 5.45. The van der Waals surface area contributed by atoms with Crippen molar-refractivity contribution in [2.24, 2.45) is 0 Å². The highest BCUT2D eigenvalue weighted by molar-refractivity contribution is 6.02. The lowest BCUT2D eigenvalue weighted by atomic mass is 9.96. The maximum atomic E-state index is 13.9. The van der Waals surface area contributed by atoms with Gasteiger partial charge in [0.2, 0.25) is 0 Å². The molecule has 3 aromatic rings. The Morgan fingerprint density at radius 1 is 1.22 bits per heavy atom. The molecule has 0 saturated carbocycles. The lowest BCUT2D eigenvalue weighted by Crippen LogP contribution is -2.35. The Labute approximate surface area is 180 Å². The number of methoxy groups -OCH3 is 2. The number of anilines is 2. The van der Waals surface area contributed by atoms with Crippen LogP contribution >= 0.6 is 0 Å². The zero-order valence-electron chi connectivity index (χ0n) is 17.4. The molecule has 1 aromatic carbocycles. The van der Waals surface area contributed by atoms with E-state index in [9.17, 15) is 18.0 Å². The molecule has 1 amide bonds. The van der Waals surface area contributed by atoms with Gasteiger partial charge < -0.3 is 24.6 Å². The third-order valence-electron chi connectivity index (χ3n) is 5.10. The zero-order valence-corrected chi connectivity index (χ0v) is 17.4. The number of carbonyl (C=O) groups is 1. The van der Waals surface area contributed by atoms with Crippen LogP contribution in [0.3, 0.4) is 0 Å². The van der Waals surface area contributed by atoms with Gasteiger partial charge in [0, 0.05) is 18.6 Å². The third kappa shape index (κ3) is 4.07. The first-order valence-electron chi connectivity index (χ1n) is 9.59. The van der Waals surface area contributed by atoms with Crippen LogP contribution in [0.25, 0.3) is 0 Å². The van der Waals surface area contributed by atoms with Crippen molar-refractivity contribution in [2.45, 2.75) is 31.6 Å². The number of hydrogen-bond donors (Lipinski definition) is 2. The van der Waals surface area contributed by atoms with Crippen molar-refractivity contribution in [3.8, 4) is 11.5 Å². The summed E-state index contributed by atoms with van der Waals surface area (Å²) in [5, 5.41) is 13.0. The molecule has 32 heavy (non-hydrogen) atoms. The second-order valence-electron chi connectivity index (χ2n) is 7.24. The van der Waals surface area contributed by atoms with Gasteiger partial charge in [0.15, 0.2) is 29.1 Å². The van der Waals surface area contributed by atoms with Gasteiger partial charge in [0.1, 0.15) is 11.6 Å². The molecule has 1 aliphatic rings. The van der Waals surface area contributed by atoms with Crippen molar-refractivity contribution in [2.75, 3.05) is 24.9 Å². The molecule has 0 saturated heterocycles. The molecule has 9 nitrogen and oxygen atoms in total. The number of rotatable bonds is 5. The second-order valence-corrected chi connectivity index (χ2v) is 7.24. The summed E-state index contributed by atoms with van der Waals surface area (Å²) in [6.45, 7) is 1.64. The summed E-state index contributed by atoms with van der Waals surface area (Å²) in [4.78, 5) is 12.5. The summed E-state index contributed by atoms with van der Waals surface area (Å²) in [5.74, 6) is 0.845. The number of nitrogens with zero attached hydrogens (tertiary/aromatic N) is 3. The molecule has 0 bridgehead atoms. The highest BCUT2D eigenvalue weighted by Gasteiger charge is 2.47. The fourth-order valence-corrected chi connectivity index (χ4v) is 3.58. The van der Waals surface area contributed by atoms with Gasteiger partial charge in [0.05, 0.1) is 20.3 Å². The summed E-state index contributed by atoms with van der Waals surface area (Å²) in [7, 11) is 2.92. The average Bonchev–Trinajstić information content (AvgIpc) is 3.37.